The number of imide groups is 1. The summed E-state index contributed by atoms with van der Waals surface area (Å²) in [5.41, 5.74) is 1.42. The van der Waals surface area contributed by atoms with Crippen molar-refractivity contribution in [2.24, 2.45) is 0 Å². The Hall–Kier alpha value is -2.31. The molecule has 2 amide bonds. The molecule has 0 saturated carbocycles. The summed E-state index contributed by atoms with van der Waals surface area (Å²) in [6.45, 7) is 0. The minimum absolute atomic E-state index is 0.0340. The Balaban J connectivity index is 1.64. The van der Waals surface area contributed by atoms with E-state index in [9.17, 15) is 18.8 Å². The van der Waals surface area contributed by atoms with Crippen LogP contribution in [0.25, 0.3) is 0 Å². The molecule has 1 heterocycles. The van der Waals surface area contributed by atoms with Crippen LogP contribution in [0.5, 0.6) is 11.5 Å². The number of hydrogen-bond acceptors (Lipinski definition) is 5. The Morgan fingerprint density at radius 2 is 1.89 bits per heavy atom. The van der Waals surface area contributed by atoms with E-state index in [0.717, 1.165) is 17.3 Å². The Morgan fingerprint density at radius 3 is 2.46 bits per heavy atom. The minimum Gasteiger partial charge on any atom is -0.0508 e. The smallest absolute Gasteiger partial charge is 0.0508 e. The molecule has 6 nitrogen and oxygen atoms in total. The van der Waals surface area contributed by atoms with Gasteiger partial charge >= 0.3 is 130 Å². The van der Waals surface area contributed by atoms with Crippen LogP contribution >= 0.6 is 11.8 Å². The average molecular weight is 463 g/mol. The number of carbonyl (C=O) groups is 3. The predicted octanol–water partition coefficient (Wildman–Crippen LogP) is 3.10. The van der Waals surface area contributed by atoms with Crippen LogP contribution in [0.4, 0.5) is 9.18 Å². The SMILES string of the molecule is O=C1NC(=O)C(Cc2ccc(Oc3ccc(CC([As])C(=O)O)cc3)c(F)c2)S1. The first-order valence-corrected chi connectivity index (χ1v) is 10.3. The first-order chi connectivity index (χ1) is 13.3. The number of carboxylic acids is 1. The molecule has 0 bridgehead atoms. The van der Waals surface area contributed by atoms with Crippen molar-refractivity contribution in [1.29, 1.82) is 0 Å². The van der Waals surface area contributed by atoms with Crippen LogP contribution in [0.3, 0.4) is 0 Å². The van der Waals surface area contributed by atoms with E-state index in [1.165, 1.54) is 12.1 Å². The van der Waals surface area contributed by atoms with Crippen LogP contribution in [0.2, 0.25) is 4.71 Å². The summed E-state index contributed by atoms with van der Waals surface area (Å²) in [6, 6.07) is 11.2. The molecule has 2 aromatic rings. The maximum Gasteiger partial charge on any atom is -0.0508 e. The quantitative estimate of drug-likeness (QED) is 0.614. The maximum absolute atomic E-state index is 14.4. The molecule has 2 unspecified atom stereocenters. The Morgan fingerprint density at radius 1 is 1.21 bits per heavy atom. The van der Waals surface area contributed by atoms with Crippen molar-refractivity contribution in [3.8, 4) is 11.5 Å². The van der Waals surface area contributed by atoms with E-state index in [2.05, 4.69) is 22.2 Å². The summed E-state index contributed by atoms with van der Waals surface area (Å²) < 4.78 is 19.3. The largest absolute Gasteiger partial charge is 0.0508 e. The monoisotopic (exact) mass is 463 g/mol. The van der Waals surface area contributed by atoms with Gasteiger partial charge in [-0.2, -0.15) is 0 Å². The number of carboxylic acid groups (broad SMARTS) is 1. The van der Waals surface area contributed by atoms with Gasteiger partial charge in [0.2, 0.25) is 5.91 Å². The number of thioether (sulfide) groups is 1. The summed E-state index contributed by atoms with van der Waals surface area (Å²) in [4.78, 5) is 33.7. The first kappa shape index (κ1) is 20.4. The van der Waals surface area contributed by atoms with Gasteiger partial charge in [-0.15, -0.1) is 0 Å². The van der Waals surface area contributed by atoms with Gasteiger partial charge in [-0.1, -0.05) is 11.8 Å². The fourth-order valence-electron chi connectivity index (χ4n) is 2.63. The van der Waals surface area contributed by atoms with Crippen molar-refractivity contribution in [2.75, 3.05) is 0 Å². The molecule has 0 spiro atoms. The summed E-state index contributed by atoms with van der Waals surface area (Å²) in [7, 11) is 0. The molecule has 1 aliphatic rings. The molecular weight excluding hydrogens is 448 g/mol. The van der Waals surface area contributed by atoms with Crippen LogP contribution in [0.15, 0.2) is 42.5 Å². The molecule has 2 radical (unpaired) electrons. The Bertz CT molecular complexity index is 921. The number of ether oxygens (including phenoxy) is 1. The van der Waals surface area contributed by atoms with Gasteiger partial charge in [0.25, 0.3) is 5.24 Å². The Labute approximate surface area is 173 Å². The van der Waals surface area contributed by atoms with E-state index in [4.69, 9.17) is 9.84 Å². The number of halogens is 1. The molecule has 144 valence electrons. The third-order valence-electron chi connectivity index (χ3n) is 4.05. The number of rotatable bonds is 7. The molecule has 1 aliphatic heterocycles. The van der Waals surface area contributed by atoms with Gasteiger partial charge in [0.15, 0.2) is 0 Å². The second-order valence-electron chi connectivity index (χ2n) is 6.16. The minimum atomic E-state index is -0.889. The zero-order valence-electron chi connectivity index (χ0n) is 14.4. The van der Waals surface area contributed by atoms with Crippen molar-refractivity contribution in [1.82, 2.24) is 5.32 Å². The maximum atomic E-state index is 14.4. The van der Waals surface area contributed by atoms with Gasteiger partial charge in [-0.05, 0) is 0 Å². The number of carbonyl (C=O) groups excluding carboxylic acids is 2. The second kappa shape index (κ2) is 8.80. The second-order valence-corrected chi connectivity index (χ2v) is 8.64. The molecule has 0 aliphatic carbocycles. The molecule has 2 aromatic carbocycles. The van der Waals surface area contributed by atoms with Gasteiger partial charge in [-0.25, -0.2) is 0 Å². The Kier molecular flexibility index (Phi) is 6.42. The number of aliphatic carboxylic acids is 1. The number of hydrogen-bond donors (Lipinski definition) is 2. The van der Waals surface area contributed by atoms with E-state index in [-0.39, 0.29) is 18.1 Å². The van der Waals surface area contributed by atoms with Crippen LogP contribution in [0.1, 0.15) is 11.1 Å². The van der Waals surface area contributed by atoms with Crippen molar-refractivity contribution < 1.29 is 28.6 Å². The van der Waals surface area contributed by atoms with E-state index < -0.39 is 27.0 Å². The fourth-order valence-corrected chi connectivity index (χ4v) is 3.93. The van der Waals surface area contributed by atoms with Crippen molar-refractivity contribution in [3.05, 3.63) is 59.4 Å². The van der Waals surface area contributed by atoms with Crippen molar-refractivity contribution in [2.45, 2.75) is 22.8 Å². The number of nitrogens with one attached hydrogen (secondary N) is 1. The normalized spacial score (nSPS) is 17.3. The number of benzene rings is 2. The number of amides is 2. The average Bonchev–Trinajstić information content (AvgIpc) is 2.96. The zero-order valence-corrected chi connectivity index (χ0v) is 17.1. The molecule has 9 heteroatoms. The first-order valence-electron chi connectivity index (χ1n) is 8.29. The molecular formula is C19H15AsFNO5S. The third kappa shape index (κ3) is 5.14. The van der Waals surface area contributed by atoms with Gasteiger partial charge in [-0.3, -0.25) is 14.9 Å². The molecule has 1 saturated heterocycles. The van der Waals surface area contributed by atoms with Gasteiger partial charge in [0, 0.05) is 0 Å². The van der Waals surface area contributed by atoms with Crippen molar-refractivity contribution in [3.63, 3.8) is 0 Å². The van der Waals surface area contributed by atoms with E-state index >= 15 is 0 Å². The predicted molar refractivity (Wildman–Crippen MR) is 102 cm³/mol. The molecule has 3 rings (SSSR count). The standard InChI is InChI=1S/C19H15AsFNO5S/c20-13(18(24)25)7-10-1-4-12(5-2-10)27-15-6-3-11(8-14(15)21)9-16-17(23)22-19(26)28-16/h1-6,8,13,16H,7,9H2,(H,24,25)(H,22,23,26). The molecule has 0 aromatic heterocycles. The summed E-state index contributed by atoms with van der Waals surface area (Å²) in [5.74, 6) is -1.38. The van der Waals surface area contributed by atoms with Gasteiger partial charge in [0.05, 0.1) is 5.25 Å². The van der Waals surface area contributed by atoms with E-state index in [1.807, 2.05) is 0 Å². The molecule has 2 atom stereocenters. The molecule has 28 heavy (non-hydrogen) atoms. The van der Waals surface area contributed by atoms with Crippen LogP contribution in [-0.2, 0) is 22.4 Å². The summed E-state index contributed by atoms with van der Waals surface area (Å²) in [5, 5.41) is 10.2. The zero-order chi connectivity index (χ0) is 20.3. The van der Waals surface area contributed by atoms with E-state index in [0.29, 0.717) is 17.7 Å². The van der Waals surface area contributed by atoms with E-state index in [1.54, 1.807) is 30.3 Å². The van der Waals surface area contributed by atoms with Gasteiger partial charge in [0.1, 0.15) is 0 Å². The third-order valence-corrected chi connectivity index (χ3v) is 5.88. The van der Waals surface area contributed by atoms with Crippen LogP contribution < -0.4 is 10.1 Å². The van der Waals surface area contributed by atoms with Crippen LogP contribution in [-0.4, -0.2) is 44.3 Å². The van der Waals surface area contributed by atoms with Gasteiger partial charge < -0.3 is 0 Å². The fraction of sp³-hybridized carbons (Fsp3) is 0.211. The molecule has 1 fully saturated rings. The topological polar surface area (TPSA) is 92.7 Å². The summed E-state index contributed by atoms with van der Waals surface area (Å²) in [6.07, 6.45) is 0.613. The molecule has 2 N–H and O–H groups in total. The van der Waals surface area contributed by atoms with Crippen LogP contribution in [0, 0.1) is 5.82 Å². The summed E-state index contributed by atoms with van der Waals surface area (Å²) >= 11 is 3.01. The van der Waals surface area contributed by atoms with Crippen molar-refractivity contribution >= 4 is 45.7 Å².